The molecule has 0 aliphatic heterocycles. The number of halogens is 3. The fourth-order valence-corrected chi connectivity index (χ4v) is 1.84. The standard InChI is InChI=1S/C11H22F3N3O/c1-5-16-10(3,9(15)18)6-8(2)17(4)7-11(12,13)14/h8,16H,5-7H2,1-4H3,(H2,15,18). The first-order valence-corrected chi connectivity index (χ1v) is 5.83. The third-order valence-electron chi connectivity index (χ3n) is 3.00. The number of rotatable bonds is 7. The summed E-state index contributed by atoms with van der Waals surface area (Å²) in [7, 11) is 1.38. The molecule has 0 radical (unpaired) electrons. The van der Waals surface area contributed by atoms with Crippen LogP contribution in [0.3, 0.4) is 0 Å². The highest BCUT2D eigenvalue weighted by Gasteiger charge is 2.36. The van der Waals surface area contributed by atoms with Gasteiger partial charge in [0.1, 0.15) is 0 Å². The molecule has 0 fully saturated rings. The molecule has 0 aromatic carbocycles. The first kappa shape index (κ1) is 17.2. The lowest BCUT2D eigenvalue weighted by atomic mass is 9.92. The maximum atomic E-state index is 12.3. The van der Waals surface area contributed by atoms with Crippen molar-refractivity contribution in [3.8, 4) is 0 Å². The Hall–Kier alpha value is -0.820. The molecule has 0 heterocycles. The Labute approximate surface area is 106 Å². The monoisotopic (exact) mass is 269 g/mol. The third-order valence-corrected chi connectivity index (χ3v) is 3.00. The van der Waals surface area contributed by atoms with E-state index < -0.39 is 30.2 Å². The van der Waals surface area contributed by atoms with Crippen LogP contribution >= 0.6 is 0 Å². The van der Waals surface area contributed by atoms with Gasteiger partial charge in [0.25, 0.3) is 0 Å². The van der Waals surface area contributed by atoms with Gasteiger partial charge in [-0.25, -0.2) is 0 Å². The Morgan fingerprint density at radius 2 is 1.94 bits per heavy atom. The number of amides is 1. The van der Waals surface area contributed by atoms with Gasteiger partial charge in [0.2, 0.25) is 5.91 Å². The van der Waals surface area contributed by atoms with Crippen molar-refractivity contribution in [2.45, 2.75) is 44.9 Å². The topological polar surface area (TPSA) is 58.4 Å². The van der Waals surface area contributed by atoms with Gasteiger partial charge in [-0.1, -0.05) is 6.92 Å². The van der Waals surface area contributed by atoms with Crippen molar-refractivity contribution in [2.24, 2.45) is 5.73 Å². The van der Waals surface area contributed by atoms with Crippen molar-refractivity contribution >= 4 is 5.91 Å². The molecular weight excluding hydrogens is 247 g/mol. The smallest absolute Gasteiger partial charge is 0.368 e. The first-order chi connectivity index (χ1) is 8.02. The Balaban J connectivity index is 4.60. The highest BCUT2D eigenvalue weighted by Crippen LogP contribution is 2.20. The minimum Gasteiger partial charge on any atom is -0.368 e. The molecule has 0 bridgehead atoms. The molecule has 0 aromatic rings. The summed E-state index contributed by atoms with van der Waals surface area (Å²) in [5, 5.41) is 2.92. The largest absolute Gasteiger partial charge is 0.401 e. The molecule has 0 rings (SSSR count). The van der Waals surface area contributed by atoms with E-state index in [4.69, 9.17) is 5.73 Å². The molecule has 108 valence electrons. The lowest BCUT2D eigenvalue weighted by Crippen LogP contribution is -2.56. The van der Waals surface area contributed by atoms with E-state index in [1.54, 1.807) is 13.8 Å². The summed E-state index contributed by atoms with van der Waals surface area (Å²) >= 11 is 0. The van der Waals surface area contributed by atoms with E-state index in [-0.39, 0.29) is 6.42 Å². The van der Waals surface area contributed by atoms with Crippen molar-refractivity contribution in [3.05, 3.63) is 0 Å². The van der Waals surface area contributed by atoms with Crippen LogP contribution in [0.25, 0.3) is 0 Å². The molecule has 0 aromatic heterocycles. The minimum absolute atomic E-state index is 0.225. The maximum absolute atomic E-state index is 12.3. The van der Waals surface area contributed by atoms with Crippen molar-refractivity contribution < 1.29 is 18.0 Å². The summed E-state index contributed by atoms with van der Waals surface area (Å²) in [6.07, 6.45) is -4.02. The number of hydrogen-bond acceptors (Lipinski definition) is 3. The van der Waals surface area contributed by atoms with Crippen LogP contribution in [0, 0.1) is 0 Å². The van der Waals surface area contributed by atoms with Crippen molar-refractivity contribution in [1.82, 2.24) is 10.2 Å². The highest BCUT2D eigenvalue weighted by atomic mass is 19.4. The van der Waals surface area contributed by atoms with Gasteiger partial charge in [0.15, 0.2) is 0 Å². The summed E-state index contributed by atoms with van der Waals surface area (Å²) in [6.45, 7) is 4.58. The first-order valence-electron chi connectivity index (χ1n) is 5.83. The van der Waals surface area contributed by atoms with Gasteiger partial charge >= 0.3 is 6.18 Å². The summed E-state index contributed by atoms with van der Waals surface area (Å²) in [5.74, 6) is -0.559. The molecule has 0 aliphatic rings. The summed E-state index contributed by atoms with van der Waals surface area (Å²) in [6, 6.07) is -0.414. The molecule has 2 unspecified atom stereocenters. The number of nitrogens with two attached hydrogens (primary N) is 1. The van der Waals surface area contributed by atoms with E-state index in [2.05, 4.69) is 5.32 Å². The zero-order chi connectivity index (χ0) is 14.6. The second-order valence-corrected chi connectivity index (χ2v) is 4.81. The SMILES string of the molecule is CCNC(C)(CC(C)N(C)CC(F)(F)F)C(N)=O. The van der Waals surface area contributed by atoms with E-state index in [0.29, 0.717) is 6.54 Å². The number of carbonyl (C=O) groups is 1. The van der Waals surface area contributed by atoms with Crippen molar-refractivity contribution in [3.63, 3.8) is 0 Å². The fourth-order valence-electron chi connectivity index (χ4n) is 1.84. The Morgan fingerprint density at radius 1 is 1.44 bits per heavy atom. The van der Waals surface area contributed by atoms with Crippen LogP contribution in [0.2, 0.25) is 0 Å². The molecule has 7 heteroatoms. The summed E-state index contributed by atoms with van der Waals surface area (Å²) in [4.78, 5) is 12.5. The Bertz CT molecular complexity index is 283. The number of nitrogens with one attached hydrogen (secondary N) is 1. The van der Waals surface area contributed by atoms with E-state index in [9.17, 15) is 18.0 Å². The van der Waals surface area contributed by atoms with Crippen LogP contribution in [-0.4, -0.2) is 48.7 Å². The second kappa shape index (κ2) is 6.38. The van der Waals surface area contributed by atoms with E-state index >= 15 is 0 Å². The number of primary amides is 1. The van der Waals surface area contributed by atoms with Crippen molar-refractivity contribution in [1.29, 1.82) is 0 Å². The number of nitrogens with zero attached hydrogens (tertiary/aromatic N) is 1. The van der Waals surface area contributed by atoms with E-state index in [1.807, 2.05) is 6.92 Å². The number of carbonyl (C=O) groups excluding carboxylic acids is 1. The highest BCUT2D eigenvalue weighted by molar-refractivity contribution is 5.84. The van der Waals surface area contributed by atoms with Crippen LogP contribution in [0.1, 0.15) is 27.2 Å². The quantitative estimate of drug-likeness (QED) is 0.728. The van der Waals surface area contributed by atoms with Crippen LogP contribution in [0.4, 0.5) is 13.2 Å². The lowest BCUT2D eigenvalue weighted by Gasteiger charge is -2.34. The Kier molecular flexibility index (Phi) is 6.09. The molecular formula is C11H22F3N3O. The van der Waals surface area contributed by atoms with Gasteiger partial charge < -0.3 is 11.1 Å². The molecule has 2 atom stereocenters. The lowest BCUT2D eigenvalue weighted by molar-refractivity contribution is -0.148. The molecule has 1 amide bonds. The van der Waals surface area contributed by atoms with Gasteiger partial charge in [-0.05, 0) is 33.9 Å². The van der Waals surface area contributed by atoms with Crippen LogP contribution < -0.4 is 11.1 Å². The second-order valence-electron chi connectivity index (χ2n) is 4.81. The molecule has 18 heavy (non-hydrogen) atoms. The van der Waals surface area contributed by atoms with Crippen molar-refractivity contribution in [2.75, 3.05) is 20.1 Å². The molecule has 0 saturated heterocycles. The molecule has 0 aliphatic carbocycles. The molecule has 4 nitrogen and oxygen atoms in total. The van der Waals surface area contributed by atoms with Gasteiger partial charge in [-0.15, -0.1) is 0 Å². The molecule has 3 N–H and O–H groups in total. The molecule has 0 saturated carbocycles. The normalized spacial score (nSPS) is 17.6. The predicted molar refractivity (Wildman–Crippen MR) is 64.0 cm³/mol. The minimum atomic E-state index is -4.25. The third kappa shape index (κ3) is 5.68. The summed E-state index contributed by atoms with van der Waals surface area (Å²) < 4.78 is 36.8. The predicted octanol–water partition coefficient (Wildman–Crippen LogP) is 1.11. The molecule has 0 spiro atoms. The summed E-state index contributed by atoms with van der Waals surface area (Å²) in [5.41, 5.74) is 4.30. The van der Waals surface area contributed by atoms with Crippen LogP contribution in [-0.2, 0) is 4.79 Å². The number of likely N-dealkylation sites (N-methyl/N-ethyl adjacent to an activating group) is 1. The Morgan fingerprint density at radius 3 is 2.28 bits per heavy atom. The zero-order valence-electron chi connectivity index (χ0n) is 11.3. The number of hydrogen-bond donors (Lipinski definition) is 2. The maximum Gasteiger partial charge on any atom is 0.401 e. The van der Waals surface area contributed by atoms with Gasteiger partial charge in [-0.2, -0.15) is 13.2 Å². The van der Waals surface area contributed by atoms with Gasteiger partial charge in [0, 0.05) is 6.04 Å². The van der Waals surface area contributed by atoms with Crippen LogP contribution in [0.5, 0.6) is 0 Å². The van der Waals surface area contributed by atoms with Gasteiger partial charge in [0.05, 0.1) is 12.1 Å². The van der Waals surface area contributed by atoms with Crippen LogP contribution in [0.15, 0.2) is 0 Å². The van der Waals surface area contributed by atoms with E-state index in [1.165, 1.54) is 11.9 Å². The van der Waals surface area contributed by atoms with E-state index in [0.717, 1.165) is 0 Å². The fraction of sp³-hybridized carbons (Fsp3) is 0.909. The average molecular weight is 269 g/mol. The average Bonchev–Trinajstić information content (AvgIpc) is 2.14. The van der Waals surface area contributed by atoms with Gasteiger partial charge in [-0.3, -0.25) is 9.69 Å². The zero-order valence-corrected chi connectivity index (χ0v) is 11.3. The number of alkyl halides is 3.